The number of aromatic nitrogens is 2. The maximum atomic E-state index is 14.2. The predicted octanol–water partition coefficient (Wildman–Crippen LogP) is 6.70. The highest BCUT2D eigenvalue weighted by Crippen LogP contribution is 2.71. The number of nitrogens with one attached hydrogen (secondary N) is 1. The van der Waals surface area contributed by atoms with E-state index in [2.05, 4.69) is 52.0 Å². The molecule has 4 saturated carbocycles. The van der Waals surface area contributed by atoms with Crippen molar-refractivity contribution in [2.75, 3.05) is 5.32 Å². The zero-order valence-electron chi connectivity index (χ0n) is 25.8. The lowest BCUT2D eigenvalue weighted by Crippen LogP contribution is -2.60. The Labute approximate surface area is 240 Å². The maximum Gasteiger partial charge on any atom is 0.236 e. The monoisotopic (exact) mass is 549 g/mol. The SMILES string of the molecule is CC(C)C1=C2C3CCCC4C(C)(CCC5C4(C)CC[C@H](O)C5(C)C)C3CC[C@@]2(C(=O)Nc2ccnn2C)CC1=O. The van der Waals surface area contributed by atoms with Crippen LogP contribution >= 0.6 is 0 Å². The van der Waals surface area contributed by atoms with Gasteiger partial charge in [0.15, 0.2) is 5.78 Å². The second-order valence-corrected chi connectivity index (χ2v) is 15.7. The van der Waals surface area contributed by atoms with Gasteiger partial charge in [-0.25, -0.2) is 0 Å². The molecule has 0 aromatic carbocycles. The van der Waals surface area contributed by atoms with Crippen LogP contribution in [0.25, 0.3) is 0 Å². The number of allylic oxidation sites excluding steroid dienone is 1. The highest BCUT2D eigenvalue weighted by atomic mass is 16.3. The summed E-state index contributed by atoms with van der Waals surface area (Å²) < 4.78 is 1.70. The number of nitrogens with zero attached hydrogens (tertiary/aromatic N) is 2. The summed E-state index contributed by atoms with van der Waals surface area (Å²) in [5.74, 6) is 2.89. The number of amides is 1. The molecule has 40 heavy (non-hydrogen) atoms. The minimum absolute atomic E-state index is 0.0156. The van der Waals surface area contributed by atoms with Crippen molar-refractivity contribution < 1.29 is 14.7 Å². The molecule has 0 aliphatic heterocycles. The molecule has 6 heteroatoms. The first-order valence-corrected chi connectivity index (χ1v) is 16.0. The van der Waals surface area contributed by atoms with Gasteiger partial charge in [0.25, 0.3) is 0 Å². The summed E-state index contributed by atoms with van der Waals surface area (Å²) in [6.45, 7) is 14.0. The number of rotatable bonds is 3. The van der Waals surface area contributed by atoms with Gasteiger partial charge in [-0.3, -0.25) is 14.3 Å². The number of carbonyl (C=O) groups is 2. The molecule has 4 fully saturated rings. The molecule has 0 radical (unpaired) electrons. The molecule has 1 heterocycles. The van der Waals surface area contributed by atoms with Crippen molar-refractivity contribution in [1.29, 1.82) is 0 Å². The Kier molecular flexibility index (Phi) is 6.54. The van der Waals surface area contributed by atoms with Crippen molar-refractivity contribution in [3.63, 3.8) is 0 Å². The minimum atomic E-state index is -0.740. The van der Waals surface area contributed by atoms with Crippen molar-refractivity contribution in [2.45, 2.75) is 112 Å². The highest BCUT2D eigenvalue weighted by Gasteiger charge is 2.66. The van der Waals surface area contributed by atoms with E-state index in [-0.39, 0.29) is 45.9 Å². The molecule has 8 atom stereocenters. The Bertz CT molecular complexity index is 1240. The summed E-state index contributed by atoms with van der Waals surface area (Å²) in [6.07, 6.45) is 11.3. The van der Waals surface area contributed by atoms with Gasteiger partial charge in [0, 0.05) is 19.5 Å². The van der Waals surface area contributed by atoms with E-state index in [4.69, 9.17) is 0 Å². The second-order valence-electron chi connectivity index (χ2n) is 15.7. The number of fused-ring (bicyclic) bond motifs is 7. The molecule has 6 unspecified atom stereocenters. The lowest BCUT2D eigenvalue weighted by molar-refractivity contribution is -0.185. The van der Waals surface area contributed by atoms with Gasteiger partial charge in [-0.1, -0.05) is 48.0 Å². The third-order valence-corrected chi connectivity index (χ3v) is 13.3. The lowest BCUT2D eigenvalue weighted by atomic mass is 9.39. The first-order valence-electron chi connectivity index (χ1n) is 16.0. The van der Waals surface area contributed by atoms with Crippen molar-refractivity contribution in [3.05, 3.63) is 23.4 Å². The molecular formula is C34H51N3O3. The van der Waals surface area contributed by atoms with Gasteiger partial charge in [-0.05, 0) is 108 Å². The summed E-state index contributed by atoms with van der Waals surface area (Å²) >= 11 is 0. The largest absolute Gasteiger partial charge is 0.393 e. The Balaban J connectivity index is 1.41. The summed E-state index contributed by atoms with van der Waals surface area (Å²) in [5, 5.41) is 18.4. The van der Waals surface area contributed by atoms with Crippen LogP contribution in [0.1, 0.15) is 106 Å². The molecule has 5 aliphatic carbocycles. The molecule has 0 bridgehead atoms. The van der Waals surface area contributed by atoms with E-state index in [0.717, 1.165) is 50.5 Å². The molecule has 1 amide bonds. The molecule has 6 nitrogen and oxygen atoms in total. The fraction of sp³-hybridized carbons (Fsp3) is 0.794. The van der Waals surface area contributed by atoms with E-state index in [0.29, 0.717) is 30.0 Å². The number of aliphatic hydroxyl groups is 1. The summed E-state index contributed by atoms with van der Waals surface area (Å²) in [6, 6.07) is 1.84. The topological polar surface area (TPSA) is 84.2 Å². The third-order valence-electron chi connectivity index (χ3n) is 13.3. The predicted molar refractivity (Wildman–Crippen MR) is 157 cm³/mol. The fourth-order valence-corrected chi connectivity index (χ4v) is 11.5. The van der Waals surface area contributed by atoms with E-state index in [9.17, 15) is 14.7 Å². The van der Waals surface area contributed by atoms with E-state index in [1.807, 2.05) is 13.1 Å². The van der Waals surface area contributed by atoms with Gasteiger partial charge in [0.05, 0.1) is 17.7 Å². The minimum Gasteiger partial charge on any atom is -0.393 e. The van der Waals surface area contributed by atoms with Gasteiger partial charge in [-0.2, -0.15) is 5.10 Å². The van der Waals surface area contributed by atoms with Gasteiger partial charge in [-0.15, -0.1) is 0 Å². The van der Waals surface area contributed by atoms with Crippen LogP contribution in [-0.4, -0.2) is 32.7 Å². The van der Waals surface area contributed by atoms with Crippen LogP contribution in [0, 0.1) is 51.2 Å². The molecule has 220 valence electrons. The van der Waals surface area contributed by atoms with Crippen molar-refractivity contribution in [1.82, 2.24) is 9.78 Å². The second kappa shape index (κ2) is 9.28. The average molecular weight is 550 g/mol. The van der Waals surface area contributed by atoms with E-state index in [1.165, 1.54) is 18.4 Å². The van der Waals surface area contributed by atoms with Gasteiger partial charge in [0.2, 0.25) is 5.91 Å². The van der Waals surface area contributed by atoms with E-state index in [1.54, 1.807) is 10.9 Å². The quantitative estimate of drug-likeness (QED) is 0.439. The van der Waals surface area contributed by atoms with Gasteiger partial charge < -0.3 is 10.4 Å². The van der Waals surface area contributed by atoms with Gasteiger partial charge >= 0.3 is 0 Å². The number of hydrogen-bond acceptors (Lipinski definition) is 4. The molecule has 5 aliphatic rings. The Morgan fingerprint density at radius 2 is 1.75 bits per heavy atom. The zero-order chi connectivity index (χ0) is 28.8. The number of hydrogen-bond donors (Lipinski definition) is 2. The van der Waals surface area contributed by atoms with Crippen LogP contribution < -0.4 is 5.32 Å². The zero-order valence-corrected chi connectivity index (χ0v) is 25.8. The molecule has 1 aromatic rings. The molecule has 0 saturated heterocycles. The summed E-state index contributed by atoms with van der Waals surface area (Å²) in [4.78, 5) is 28.0. The smallest absolute Gasteiger partial charge is 0.236 e. The Hall–Kier alpha value is -1.95. The molecule has 1 aromatic heterocycles. The van der Waals surface area contributed by atoms with Crippen LogP contribution in [0.3, 0.4) is 0 Å². The van der Waals surface area contributed by atoms with Crippen molar-refractivity contribution in [2.24, 2.45) is 58.3 Å². The molecule has 6 rings (SSSR count). The number of ketones is 1. The fourth-order valence-electron chi connectivity index (χ4n) is 11.5. The number of carbonyl (C=O) groups excluding carboxylic acids is 2. The van der Waals surface area contributed by atoms with Crippen LogP contribution in [0.4, 0.5) is 5.82 Å². The van der Waals surface area contributed by atoms with Crippen LogP contribution in [0.2, 0.25) is 0 Å². The Morgan fingerprint density at radius 3 is 2.42 bits per heavy atom. The first-order chi connectivity index (χ1) is 18.8. The standard InChI is InChI=1S/C34H51N3O3/c1-20(2)28-23(38)19-34(30(40)36-27-14-18-35-37(27)7)17-11-22-21(29(28)34)9-8-10-25-32(22,5)15-12-24-31(3,4)26(39)13-16-33(24,25)6/h14,18,20-22,24-26,39H,8-13,15-17,19H2,1-7H3,(H,36,40)/t21?,22?,24?,25?,26-,32?,33?,34+/m0/s1. The van der Waals surface area contributed by atoms with E-state index >= 15 is 0 Å². The van der Waals surface area contributed by atoms with Gasteiger partial charge in [0.1, 0.15) is 5.82 Å². The summed E-state index contributed by atoms with van der Waals surface area (Å²) in [5.41, 5.74) is 1.76. The maximum absolute atomic E-state index is 14.2. The molecule has 0 spiro atoms. The van der Waals surface area contributed by atoms with Crippen LogP contribution in [-0.2, 0) is 16.6 Å². The average Bonchev–Trinajstić information content (AvgIpc) is 3.38. The van der Waals surface area contributed by atoms with Crippen LogP contribution in [0.15, 0.2) is 23.4 Å². The van der Waals surface area contributed by atoms with Crippen molar-refractivity contribution >= 4 is 17.5 Å². The normalized spacial score (nSPS) is 42.5. The number of aliphatic hydroxyl groups excluding tert-OH is 1. The molecular weight excluding hydrogens is 498 g/mol. The number of anilines is 1. The first kappa shape index (κ1) is 28.2. The van der Waals surface area contributed by atoms with Crippen LogP contribution in [0.5, 0.6) is 0 Å². The van der Waals surface area contributed by atoms with Crippen molar-refractivity contribution in [3.8, 4) is 0 Å². The van der Waals surface area contributed by atoms with E-state index < -0.39 is 5.41 Å². The highest BCUT2D eigenvalue weighted by molar-refractivity contribution is 6.09. The Morgan fingerprint density at radius 1 is 1.02 bits per heavy atom. The summed E-state index contributed by atoms with van der Waals surface area (Å²) in [7, 11) is 1.84. The third kappa shape index (κ3) is 3.72. The number of aryl methyl sites for hydroxylation is 1. The molecule has 2 N–H and O–H groups in total. The lowest BCUT2D eigenvalue weighted by Gasteiger charge is -2.65. The number of Topliss-reactive ketones (excluding diaryl/α,β-unsaturated/α-hetero) is 1.